The highest BCUT2D eigenvalue weighted by molar-refractivity contribution is 6.31. The number of halogens is 4. The Bertz CT molecular complexity index is 312. The number of rotatable bonds is 2. The molecular formula is C11H12ClF3. The lowest BCUT2D eigenvalue weighted by Gasteiger charge is -2.28. The van der Waals surface area contributed by atoms with Crippen molar-refractivity contribution in [2.24, 2.45) is 11.8 Å². The Labute approximate surface area is 92.1 Å². The van der Waals surface area contributed by atoms with Gasteiger partial charge in [0, 0.05) is 10.6 Å². The highest BCUT2D eigenvalue weighted by Gasteiger charge is 2.40. The summed E-state index contributed by atoms with van der Waals surface area (Å²) in [5.74, 6) is -0.776. The summed E-state index contributed by atoms with van der Waals surface area (Å²) in [5.41, 5.74) is -0.554. The molecule has 0 nitrogen and oxygen atoms in total. The van der Waals surface area contributed by atoms with Crippen LogP contribution in [0.1, 0.15) is 13.3 Å². The van der Waals surface area contributed by atoms with E-state index in [0.29, 0.717) is 6.42 Å². The maximum absolute atomic E-state index is 12.6. The Balaban J connectivity index is 2.99. The van der Waals surface area contributed by atoms with E-state index in [1.165, 1.54) is 0 Å². The molecule has 4 heteroatoms. The van der Waals surface area contributed by atoms with Crippen LogP contribution in [0.4, 0.5) is 13.2 Å². The number of hydrogen-bond acceptors (Lipinski definition) is 0. The van der Waals surface area contributed by atoms with E-state index in [1.54, 1.807) is 19.1 Å². The Kier molecular flexibility index (Phi) is 3.66. The van der Waals surface area contributed by atoms with Crippen molar-refractivity contribution in [2.75, 3.05) is 0 Å². The first-order valence-electron chi connectivity index (χ1n) is 4.63. The van der Waals surface area contributed by atoms with Crippen molar-refractivity contribution < 1.29 is 13.2 Å². The molecule has 1 aliphatic rings. The van der Waals surface area contributed by atoms with Gasteiger partial charge >= 0.3 is 6.18 Å². The number of hydrogen-bond donors (Lipinski definition) is 0. The van der Waals surface area contributed by atoms with Gasteiger partial charge in [0.05, 0.1) is 0 Å². The van der Waals surface area contributed by atoms with Crippen molar-refractivity contribution in [2.45, 2.75) is 19.5 Å². The van der Waals surface area contributed by atoms with Gasteiger partial charge in [0.2, 0.25) is 0 Å². The summed E-state index contributed by atoms with van der Waals surface area (Å²) in [4.78, 5) is 0. The zero-order valence-corrected chi connectivity index (χ0v) is 9.07. The van der Waals surface area contributed by atoms with Crippen molar-refractivity contribution in [1.29, 1.82) is 0 Å². The van der Waals surface area contributed by atoms with Gasteiger partial charge in [-0.25, -0.2) is 0 Å². The first kappa shape index (κ1) is 12.4. The second kappa shape index (κ2) is 4.44. The Morgan fingerprint density at radius 1 is 1.53 bits per heavy atom. The fourth-order valence-corrected chi connectivity index (χ4v) is 1.99. The summed E-state index contributed by atoms with van der Waals surface area (Å²) in [6, 6.07) is 0. The van der Waals surface area contributed by atoms with Crippen molar-refractivity contribution in [3.63, 3.8) is 0 Å². The molecule has 1 unspecified atom stereocenters. The van der Waals surface area contributed by atoms with Crippen LogP contribution in [0.5, 0.6) is 0 Å². The zero-order valence-electron chi connectivity index (χ0n) is 8.31. The van der Waals surface area contributed by atoms with Gasteiger partial charge in [0.1, 0.15) is 0 Å². The number of allylic oxidation sites excluding steroid dienone is 5. The maximum atomic E-state index is 12.6. The Hall–Kier alpha value is -0.700. The topological polar surface area (TPSA) is 0 Å². The largest absolute Gasteiger partial charge is 0.413 e. The van der Waals surface area contributed by atoms with Crippen molar-refractivity contribution >= 4 is 11.6 Å². The summed E-state index contributed by atoms with van der Waals surface area (Å²) in [7, 11) is 0. The van der Waals surface area contributed by atoms with Crippen LogP contribution in [0.25, 0.3) is 0 Å². The molecule has 1 aliphatic carbocycles. The van der Waals surface area contributed by atoms with E-state index in [2.05, 4.69) is 6.58 Å². The molecular weight excluding hydrogens is 225 g/mol. The van der Waals surface area contributed by atoms with E-state index in [4.69, 9.17) is 11.6 Å². The highest BCUT2D eigenvalue weighted by Crippen LogP contribution is 2.41. The van der Waals surface area contributed by atoms with Crippen LogP contribution in [0, 0.1) is 11.8 Å². The fraction of sp³-hybridized carbons (Fsp3) is 0.455. The van der Waals surface area contributed by atoms with Gasteiger partial charge in [-0.15, -0.1) is 6.58 Å². The van der Waals surface area contributed by atoms with Gasteiger partial charge in [0.25, 0.3) is 0 Å². The van der Waals surface area contributed by atoms with Gasteiger partial charge in [-0.3, -0.25) is 0 Å². The van der Waals surface area contributed by atoms with Crippen LogP contribution in [0.15, 0.2) is 35.4 Å². The lowest BCUT2D eigenvalue weighted by atomic mass is 9.81. The van der Waals surface area contributed by atoms with E-state index in [9.17, 15) is 13.2 Å². The van der Waals surface area contributed by atoms with Gasteiger partial charge in [-0.1, -0.05) is 30.7 Å². The first-order chi connectivity index (χ1) is 6.86. The van der Waals surface area contributed by atoms with E-state index in [-0.39, 0.29) is 11.0 Å². The third kappa shape index (κ3) is 2.88. The van der Waals surface area contributed by atoms with Gasteiger partial charge in [0.15, 0.2) is 0 Å². The summed E-state index contributed by atoms with van der Waals surface area (Å²) in [6.07, 6.45) is 0.480. The summed E-state index contributed by atoms with van der Waals surface area (Å²) >= 11 is 5.66. The second-order valence-electron chi connectivity index (χ2n) is 3.63. The molecule has 0 radical (unpaired) electrons. The molecule has 1 rings (SSSR count). The predicted octanol–water partition coefficient (Wildman–Crippen LogP) is 4.44. The monoisotopic (exact) mass is 236 g/mol. The quantitative estimate of drug-likeness (QED) is 0.622. The first-order valence-corrected chi connectivity index (χ1v) is 5.01. The summed E-state index contributed by atoms with van der Waals surface area (Å²) < 4.78 is 37.8. The molecule has 0 aromatic rings. The molecule has 2 atom stereocenters. The third-order valence-corrected chi connectivity index (χ3v) is 2.80. The molecule has 0 bridgehead atoms. The van der Waals surface area contributed by atoms with E-state index >= 15 is 0 Å². The minimum atomic E-state index is -4.30. The standard InChI is InChI=1S/C11H12ClF3/c1-3-4-8-5-9(12)6-10(7(8)2)11(13,14)15/h3,5-8H,1,4H2,2H3/t7?,8-/m1/s1. The van der Waals surface area contributed by atoms with Crippen LogP contribution in [-0.2, 0) is 0 Å². The third-order valence-electron chi connectivity index (χ3n) is 2.57. The highest BCUT2D eigenvalue weighted by atomic mass is 35.5. The summed E-state index contributed by atoms with van der Waals surface area (Å²) in [5, 5.41) is 0.160. The minimum Gasteiger partial charge on any atom is -0.166 e. The average Bonchev–Trinajstić information content (AvgIpc) is 2.09. The van der Waals surface area contributed by atoms with Crippen molar-refractivity contribution in [3.8, 4) is 0 Å². The van der Waals surface area contributed by atoms with Gasteiger partial charge < -0.3 is 0 Å². The maximum Gasteiger partial charge on any atom is 0.413 e. The molecule has 0 aromatic carbocycles. The van der Waals surface area contributed by atoms with Crippen LogP contribution < -0.4 is 0 Å². The van der Waals surface area contributed by atoms with Crippen molar-refractivity contribution in [3.05, 3.63) is 35.4 Å². The molecule has 0 spiro atoms. The number of alkyl halides is 3. The van der Waals surface area contributed by atoms with Crippen LogP contribution >= 0.6 is 11.6 Å². The molecule has 0 heterocycles. The molecule has 0 fully saturated rings. The molecule has 0 N–H and O–H groups in total. The minimum absolute atomic E-state index is 0.160. The lowest BCUT2D eigenvalue weighted by Crippen LogP contribution is -2.25. The van der Waals surface area contributed by atoms with E-state index in [1.807, 2.05) is 0 Å². The SMILES string of the molecule is C=CC[C@@H]1C=C(Cl)C=C(C(F)(F)F)C1C. The molecule has 0 aromatic heterocycles. The van der Waals surface area contributed by atoms with Crippen LogP contribution in [0.3, 0.4) is 0 Å². The Morgan fingerprint density at radius 3 is 2.60 bits per heavy atom. The molecule has 0 saturated carbocycles. The van der Waals surface area contributed by atoms with Gasteiger partial charge in [-0.05, 0) is 24.3 Å². The normalized spacial score (nSPS) is 27.0. The molecule has 0 amide bonds. The lowest BCUT2D eigenvalue weighted by molar-refractivity contribution is -0.100. The van der Waals surface area contributed by atoms with Gasteiger partial charge in [-0.2, -0.15) is 13.2 Å². The second-order valence-corrected chi connectivity index (χ2v) is 4.06. The fourth-order valence-electron chi connectivity index (χ4n) is 1.71. The predicted molar refractivity (Wildman–Crippen MR) is 55.5 cm³/mol. The molecule has 0 aliphatic heterocycles. The smallest absolute Gasteiger partial charge is 0.166 e. The summed E-state index contributed by atoms with van der Waals surface area (Å²) in [6.45, 7) is 5.09. The van der Waals surface area contributed by atoms with E-state index < -0.39 is 17.7 Å². The van der Waals surface area contributed by atoms with Crippen LogP contribution in [0.2, 0.25) is 0 Å². The molecule has 84 valence electrons. The molecule has 15 heavy (non-hydrogen) atoms. The zero-order chi connectivity index (χ0) is 11.6. The van der Waals surface area contributed by atoms with E-state index in [0.717, 1.165) is 6.08 Å². The molecule has 0 saturated heterocycles. The Morgan fingerprint density at radius 2 is 2.13 bits per heavy atom. The average molecular weight is 237 g/mol. The van der Waals surface area contributed by atoms with Crippen molar-refractivity contribution in [1.82, 2.24) is 0 Å². The van der Waals surface area contributed by atoms with Crippen LogP contribution in [-0.4, -0.2) is 6.18 Å².